The molecule has 0 radical (unpaired) electrons. The van der Waals surface area contributed by atoms with Crippen LogP contribution in [-0.4, -0.2) is 43.4 Å². The van der Waals surface area contributed by atoms with Crippen LogP contribution in [0.5, 0.6) is 0 Å². The Kier molecular flexibility index (Phi) is 4.43. The van der Waals surface area contributed by atoms with Gasteiger partial charge in [-0.25, -0.2) is 14.3 Å². The molecular weight excluding hydrogens is 308 g/mol. The number of anilines is 1. The van der Waals surface area contributed by atoms with Crippen LogP contribution in [0.1, 0.15) is 23.7 Å². The van der Waals surface area contributed by atoms with Crippen molar-refractivity contribution < 1.29 is 15.0 Å². The first-order valence-corrected chi connectivity index (χ1v) is 7.68. The van der Waals surface area contributed by atoms with Crippen LogP contribution in [-0.2, 0) is 0 Å². The molecule has 0 saturated heterocycles. The van der Waals surface area contributed by atoms with E-state index < -0.39 is 5.97 Å². The molecular formula is C17H18N4O3. The van der Waals surface area contributed by atoms with E-state index >= 15 is 0 Å². The van der Waals surface area contributed by atoms with Crippen molar-refractivity contribution in [3.05, 3.63) is 48.2 Å². The number of nitrogens with one attached hydrogen (secondary N) is 1. The smallest absolute Gasteiger partial charge is 0.335 e. The molecule has 0 aliphatic carbocycles. The summed E-state index contributed by atoms with van der Waals surface area (Å²) < 4.78 is 1.70. The first-order chi connectivity index (χ1) is 11.6. The Bertz CT molecular complexity index is 854. The highest BCUT2D eigenvalue weighted by molar-refractivity contribution is 5.88. The molecule has 1 aromatic carbocycles. The molecule has 7 heteroatoms. The molecule has 124 valence electrons. The summed E-state index contributed by atoms with van der Waals surface area (Å²) in [6, 6.07) is 10.2. The Morgan fingerprint density at radius 3 is 2.62 bits per heavy atom. The molecule has 0 saturated carbocycles. The summed E-state index contributed by atoms with van der Waals surface area (Å²) in [6.07, 6.45) is 2.48. The van der Waals surface area contributed by atoms with Crippen molar-refractivity contribution in [3.8, 4) is 11.3 Å². The van der Waals surface area contributed by atoms with Gasteiger partial charge in [0, 0.05) is 5.56 Å². The molecule has 0 aliphatic rings. The van der Waals surface area contributed by atoms with Crippen LogP contribution in [0, 0.1) is 0 Å². The van der Waals surface area contributed by atoms with Crippen molar-refractivity contribution in [2.24, 2.45) is 0 Å². The van der Waals surface area contributed by atoms with E-state index in [1.807, 2.05) is 19.1 Å². The highest BCUT2D eigenvalue weighted by Crippen LogP contribution is 2.21. The number of nitrogens with zero attached hydrogens (tertiary/aromatic N) is 3. The average molecular weight is 326 g/mol. The second-order valence-corrected chi connectivity index (χ2v) is 5.45. The van der Waals surface area contributed by atoms with Gasteiger partial charge in [0.05, 0.1) is 30.1 Å². The lowest BCUT2D eigenvalue weighted by Crippen LogP contribution is -2.23. The second kappa shape index (κ2) is 6.67. The molecule has 1 atom stereocenters. The first kappa shape index (κ1) is 15.9. The number of aromatic nitrogens is 3. The molecule has 0 spiro atoms. The summed E-state index contributed by atoms with van der Waals surface area (Å²) >= 11 is 0. The van der Waals surface area contributed by atoms with Crippen LogP contribution in [0.15, 0.2) is 42.6 Å². The molecule has 3 N–H and O–H groups in total. The fourth-order valence-electron chi connectivity index (χ4n) is 2.42. The Hall–Kier alpha value is -2.93. The molecule has 1 unspecified atom stereocenters. The fraction of sp³-hybridized carbons (Fsp3) is 0.235. The number of fused-ring (bicyclic) bond motifs is 1. The van der Waals surface area contributed by atoms with E-state index in [1.54, 1.807) is 35.0 Å². The van der Waals surface area contributed by atoms with Crippen LogP contribution in [0.4, 0.5) is 5.82 Å². The maximum absolute atomic E-state index is 11.0. The van der Waals surface area contributed by atoms with Gasteiger partial charge < -0.3 is 15.5 Å². The molecule has 0 amide bonds. The number of carboxylic acid groups (broad SMARTS) is 1. The van der Waals surface area contributed by atoms with Gasteiger partial charge in [-0.1, -0.05) is 19.1 Å². The molecule has 24 heavy (non-hydrogen) atoms. The maximum Gasteiger partial charge on any atom is 0.335 e. The number of hydrogen-bond donors (Lipinski definition) is 3. The lowest BCUT2D eigenvalue weighted by atomic mass is 10.1. The molecule has 2 aromatic heterocycles. The number of imidazole rings is 1. The maximum atomic E-state index is 11.0. The fourth-order valence-corrected chi connectivity index (χ4v) is 2.42. The van der Waals surface area contributed by atoms with E-state index in [4.69, 9.17) is 5.11 Å². The van der Waals surface area contributed by atoms with Gasteiger partial charge >= 0.3 is 5.97 Å². The van der Waals surface area contributed by atoms with E-state index in [2.05, 4.69) is 15.4 Å². The number of rotatable bonds is 6. The van der Waals surface area contributed by atoms with E-state index in [9.17, 15) is 9.90 Å². The largest absolute Gasteiger partial charge is 0.478 e. The molecule has 3 rings (SSSR count). The summed E-state index contributed by atoms with van der Waals surface area (Å²) in [5.41, 5.74) is 2.51. The van der Waals surface area contributed by atoms with Gasteiger partial charge in [0.15, 0.2) is 5.65 Å². The van der Waals surface area contributed by atoms with Gasteiger partial charge in [-0.3, -0.25) is 0 Å². The zero-order valence-electron chi connectivity index (χ0n) is 13.2. The van der Waals surface area contributed by atoms with Crippen LogP contribution < -0.4 is 5.32 Å². The number of carboxylic acids is 1. The lowest BCUT2D eigenvalue weighted by molar-refractivity contribution is 0.0697. The Balaban J connectivity index is 1.97. The van der Waals surface area contributed by atoms with Crippen LogP contribution in [0.25, 0.3) is 16.9 Å². The quantitative estimate of drug-likeness (QED) is 0.642. The average Bonchev–Trinajstić information content (AvgIpc) is 3.03. The van der Waals surface area contributed by atoms with Crippen molar-refractivity contribution in [2.45, 2.75) is 19.4 Å². The number of aliphatic hydroxyl groups excluding tert-OH is 1. The van der Waals surface area contributed by atoms with Crippen LogP contribution >= 0.6 is 0 Å². The van der Waals surface area contributed by atoms with Crippen molar-refractivity contribution in [1.29, 1.82) is 0 Å². The van der Waals surface area contributed by atoms with Crippen molar-refractivity contribution >= 4 is 17.4 Å². The highest BCUT2D eigenvalue weighted by atomic mass is 16.4. The third kappa shape index (κ3) is 3.07. The third-order valence-corrected chi connectivity index (χ3v) is 3.86. The minimum absolute atomic E-state index is 0.0314. The van der Waals surface area contributed by atoms with Crippen molar-refractivity contribution in [3.63, 3.8) is 0 Å². The molecule has 3 aromatic rings. The van der Waals surface area contributed by atoms with Gasteiger partial charge in [0.25, 0.3) is 0 Å². The van der Waals surface area contributed by atoms with E-state index in [-0.39, 0.29) is 18.2 Å². The Morgan fingerprint density at radius 1 is 1.25 bits per heavy atom. The van der Waals surface area contributed by atoms with Crippen LogP contribution in [0.2, 0.25) is 0 Å². The minimum atomic E-state index is -0.959. The van der Waals surface area contributed by atoms with Crippen molar-refractivity contribution in [1.82, 2.24) is 14.6 Å². The highest BCUT2D eigenvalue weighted by Gasteiger charge is 2.11. The molecule has 7 nitrogen and oxygen atoms in total. The summed E-state index contributed by atoms with van der Waals surface area (Å²) in [5.74, 6) is -0.316. The normalized spacial score (nSPS) is 12.2. The van der Waals surface area contributed by atoms with Gasteiger partial charge in [0.2, 0.25) is 0 Å². The monoisotopic (exact) mass is 326 g/mol. The predicted octanol–water partition coefficient (Wildman–Crippen LogP) is 2.28. The number of aromatic carboxylic acids is 1. The summed E-state index contributed by atoms with van der Waals surface area (Å²) in [4.78, 5) is 15.3. The number of carbonyl (C=O) groups is 1. The van der Waals surface area contributed by atoms with Crippen LogP contribution in [0.3, 0.4) is 0 Å². The molecule has 2 heterocycles. The molecule has 0 fully saturated rings. The number of aliphatic hydroxyl groups is 1. The summed E-state index contributed by atoms with van der Waals surface area (Å²) in [7, 11) is 0. The molecule has 0 bridgehead atoms. The van der Waals surface area contributed by atoms with Gasteiger partial charge in [-0.05, 0) is 30.7 Å². The summed E-state index contributed by atoms with van der Waals surface area (Å²) in [6.45, 7) is 2.02. The first-order valence-electron chi connectivity index (χ1n) is 7.68. The zero-order valence-corrected chi connectivity index (χ0v) is 13.2. The van der Waals surface area contributed by atoms with Gasteiger partial charge in [0.1, 0.15) is 5.82 Å². The summed E-state index contributed by atoms with van der Waals surface area (Å²) in [5, 5.41) is 26.0. The standard InChI is InChI=1S/C17H18N4O3/c1-2-13(10-22)19-15-7-8-16-18-9-14(21(16)20-15)11-3-5-12(6-4-11)17(23)24/h3-9,13,22H,2,10H2,1H3,(H,19,20)(H,23,24). The SMILES string of the molecule is CCC(CO)Nc1ccc2ncc(-c3ccc(C(=O)O)cc3)n2n1. The van der Waals surface area contributed by atoms with Gasteiger partial charge in [-0.2, -0.15) is 0 Å². The van der Waals surface area contributed by atoms with Gasteiger partial charge in [-0.15, -0.1) is 5.10 Å². The second-order valence-electron chi connectivity index (χ2n) is 5.45. The topological polar surface area (TPSA) is 99.8 Å². The third-order valence-electron chi connectivity index (χ3n) is 3.86. The zero-order chi connectivity index (χ0) is 17.1. The lowest BCUT2D eigenvalue weighted by Gasteiger charge is -2.14. The Morgan fingerprint density at radius 2 is 2.00 bits per heavy atom. The predicted molar refractivity (Wildman–Crippen MR) is 90.2 cm³/mol. The van der Waals surface area contributed by atoms with E-state index in [0.29, 0.717) is 11.5 Å². The molecule has 0 aliphatic heterocycles. The van der Waals surface area contributed by atoms with E-state index in [1.165, 1.54) is 0 Å². The number of hydrogen-bond acceptors (Lipinski definition) is 5. The van der Waals surface area contributed by atoms with E-state index in [0.717, 1.165) is 17.7 Å². The Labute approximate surface area is 138 Å². The number of benzene rings is 1. The minimum Gasteiger partial charge on any atom is -0.478 e. The van der Waals surface area contributed by atoms with Crippen molar-refractivity contribution in [2.75, 3.05) is 11.9 Å².